The molecule has 4 heteroatoms. The van der Waals surface area contributed by atoms with Gasteiger partial charge in [-0.2, -0.15) is 0 Å². The van der Waals surface area contributed by atoms with E-state index in [-0.39, 0.29) is 5.31 Å². The van der Waals surface area contributed by atoms with Crippen molar-refractivity contribution in [2.45, 2.75) is 38.9 Å². The Balaban J connectivity index is 2.55. The van der Waals surface area contributed by atoms with Crippen molar-refractivity contribution >= 4 is 19.2 Å². The van der Waals surface area contributed by atoms with E-state index in [9.17, 15) is 0 Å². The topological polar surface area (TPSA) is 18.5 Å². The Bertz CT molecular complexity index is 390. The van der Waals surface area contributed by atoms with Crippen LogP contribution in [-0.2, 0) is 5.31 Å². The molecule has 0 spiro atoms. The van der Waals surface area contributed by atoms with Crippen molar-refractivity contribution in [2.24, 2.45) is 0 Å². The molecule has 2 heterocycles. The van der Waals surface area contributed by atoms with E-state index in [1.54, 1.807) is 11.3 Å². The molecule has 1 aromatic rings. The van der Waals surface area contributed by atoms with Gasteiger partial charge in [-0.05, 0) is 11.2 Å². The second kappa shape index (κ2) is 3.99. The van der Waals surface area contributed by atoms with Gasteiger partial charge in [-0.15, -0.1) is 11.3 Å². The van der Waals surface area contributed by atoms with Crippen LogP contribution in [0.2, 0.25) is 0 Å². The van der Waals surface area contributed by atoms with Crippen molar-refractivity contribution < 1.29 is 9.47 Å². The molecular formula is C12H17BO2S. The molecule has 0 bridgehead atoms. The Labute approximate surface area is 102 Å². The molecule has 86 valence electrons. The maximum Gasteiger partial charge on any atom is 0.175 e. The molecule has 16 heavy (non-hydrogen) atoms. The second-order valence-electron chi connectivity index (χ2n) is 5.03. The molecule has 0 N–H and O–H groups in total. The van der Waals surface area contributed by atoms with Crippen molar-refractivity contribution in [1.29, 1.82) is 0 Å². The number of hydrogen-bond acceptors (Lipinski definition) is 3. The molecule has 0 aromatic carbocycles. The molecule has 1 aliphatic heterocycles. The summed E-state index contributed by atoms with van der Waals surface area (Å²) in [6.45, 7) is 9.58. The summed E-state index contributed by atoms with van der Waals surface area (Å²) >= 11 is 1.72. The molecule has 1 aliphatic rings. The maximum absolute atomic E-state index is 6.17. The van der Waals surface area contributed by atoms with E-state index in [1.807, 2.05) is 13.8 Å². The van der Waals surface area contributed by atoms with Gasteiger partial charge in [0, 0.05) is 4.88 Å². The lowest BCUT2D eigenvalue weighted by Gasteiger charge is -2.22. The summed E-state index contributed by atoms with van der Waals surface area (Å²) in [5.74, 6) is 2.23. The van der Waals surface area contributed by atoms with Gasteiger partial charge in [-0.1, -0.05) is 27.7 Å². The number of fused-ring (bicyclic) bond motifs is 1. The third kappa shape index (κ3) is 1.95. The van der Waals surface area contributed by atoms with E-state index in [4.69, 9.17) is 17.3 Å². The SMILES string of the molecule is [B]C(C)(C)c1sc(C(C)C)c2c1OCCO2. The van der Waals surface area contributed by atoms with E-state index in [0.29, 0.717) is 19.1 Å². The first kappa shape index (κ1) is 11.8. The van der Waals surface area contributed by atoms with Crippen LogP contribution in [-0.4, -0.2) is 21.1 Å². The minimum Gasteiger partial charge on any atom is -0.485 e. The quantitative estimate of drug-likeness (QED) is 0.735. The van der Waals surface area contributed by atoms with Gasteiger partial charge in [0.25, 0.3) is 0 Å². The second-order valence-corrected chi connectivity index (χ2v) is 6.08. The van der Waals surface area contributed by atoms with E-state index in [1.165, 1.54) is 4.88 Å². The van der Waals surface area contributed by atoms with Crippen molar-refractivity contribution in [3.63, 3.8) is 0 Å². The molecular weight excluding hydrogens is 219 g/mol. The van der Waals surface area contributed by atoms with Gasteiger partial charge in [0.05, 0.1) is 12.7 Å². The zero-order valence-corrected chi connectivity index (χ0v) is 11.1. The van der Waals surface area contributed by atoms with Gasteiger partial charge in [-0.3, -0.25) is 0 Å². The number of thiophene rings is 1. The zero-order chi connectivity index (χ0) is 11.9. The van der Waals surface area contributed by atoms with Crippen LogP contribution in [0.1, 0.15) is 43.4 Å². The lowest BCUT2D eigenvalue weighted by Crippen LogP contribution is -2.20. The number of rotatable bonds is 2. The van der Waals surface area contributed by atoms with Gasteiger partial charge >= 0.3 is 0 Å². The fourth-order valence-corrected chi connectivity index (χ4v) is 2.98. The highest BCUT2D eigenvalue weighted by Gasteiger charge is 2.30. The fourth-order valence-electron chi connectivity index (χ4n) is 1.78. The standard InChI is InChI=1S/C12H17BO2S/c1-7(2)10-8-9(15-6-5-14-8)11(16-10)12(3,4)13/h7H,5-6H2,1-4H3. The molecule has 0 atom stereocenters. The molecule has 2 nitrogen and oxygen atoms in total. The Morgan fingerprint density at radius 2 is 1.75 bits per heavy atom. The minimum absolute atomic E-state index is 0.372. The van der Waals surface area contributed by atoms with Crippen LogP contribution < -0.4 is 9.47 Å². The lowest BCUT2D eigenvalue weighted by atomic mass is 9.71. The first-order chi connectivity index (χ1) is 7.41. The molecule has 2 rings (SSSR count). The van der Waals surface area contributed by atoms with E-state index >= 15 is 0 Å². The van der Waals surface area contributed by atoms with Crippen molar-refractivity contribution in [2.75, 3.05) is 13.2 Å². The smallest absolute Gasteiger partial charge is 0.175 e. The average molecular weight is 236 g/mol. The third-order valence-corrected chi connectivity index (χ3v) is 4.33. The predicted octanol–water partition coefficient (Wildman–Crippen LogP) is 3.05. The van der Waals surface area contributed by atoms with Crippen LogP contribution in [0.3, 0.4) is 0 Å². The highest BCUT2D eigenvalue weighted by Crippen LogP contribution is 2.50. The summed E-state index contributed by atoms with van der Waals surface area (Å²) < 4.78 is 11.4. The van der Waals surface area contributed by atoms with E-state index in [2.05, 4.69) is 13.8 Å². The van der Waals surface area contributed by atoms with Crippen LogP contribution in [0.4, 0.5) is 0 Å². The van der Waals surface area contributed by atoms with E-state index in [0.717, 1.165) is 16.4 Å². The third-order valence-electron chi connectivity index (χ3n) is 2.53. The largest absolute Gasteiger partial charge is 0.485 e. The van der Waals surface area contributed by atoms with Gasteiger partial charge < -0.3 is 9.47 Å². The van der Waals surface area contributed by atoms with Crippen molar-refractivity contribution in [3.05, 3.63) is 9.75 Å². The molecule has 0 aliphatic carbocycles. The normalized spacial score (nSPS) is 15.6. The monoisotopic (exact) mass is 236 g/mol. The van der Waals surface area contributed by atoms with Crippen LogP contribution in [0, 0.1) is 0 Å². The fraction of sp³-hybridized carbons (Fsp3) is 0.667. The molecule has 0 saturated heterocycles. The highest BCUT2D eigenvalue weighted by atomic mass is 32.1. The summed E-state index contributed by atoms with van der Waals surface area (Å²) in [5.41, 5.74) is 0. The van der Waals surface area contributed by atoms with Crippen LogP contribution in [0.25, 0.3) is 0 Å². The Kier molecular flexibility index (Phi) is 2.95. The van der Waals surface area contributed by atoms with Crippen LogP contribution in [0.5, 0.6) is 11.5 Å². The van der Waals surface area contributed by atoms with Crippen molar-refractivity contribution in [1.82, 2.24) is 0 Å². The van der Waals surface area contributed by atoms with Crippen LogP contribution in [0.15, 0.2) is 0 Å². The molecule has 2 radical (unpaired) electrons. The Hall–Kier alpha value is -0.635. The Morgan fingerprint density at radius 1 is 1.19 bits per heavy atom. The summed E-state index contributed by atoms with van der Waals surface area (Å²) in [4.78, 5) is 2.33. The summed E-state index contributed by atoms with van der Waals surface area (Å²) in [5, 5.41) is -0.372. The van der Waals surface area contributed by atoms with Gasteiger partial charge in [-0.25, -0.2) is 0 Å². The summed E-state index contributed by atoms with van der Waals surface area (Å²) in [6, 6.07) is 0. The summed E-state index contributed by atoms with van der Waals surface area (Å²) in [6.07, 6.45) is 0. The molecule has 0 saturated carbocycles. The van der Waals surface area contributed by atoms with Crippen LogP contribution >= 0.6 is 11.3 Å². The number of ether oxygens (including phenoxy) is 2. The lowest BCUT2D eigenvalue weighted by molar-refractivity contribution is 0.169. The molecule has 1 aromatic heterocycles. The van der Waals surface area contributed by atoms with E-state index < -0.39 is 0 Å². The van der Waals surface area contributed by atoms with Gasteiger partial charge in [0.2, 0.25) is 0 Å². The first-order valence-electron chi connectivity index (χ1n) is 5.63. The molecule has 0 fully saturated rings. The van der Waals surface area contributed by atoms with Gasteiger partial charge in [0.15, 0.2) is 11.5 Å². The number of hydrogen-bond donors (Lipinski definition) is 0. The Morgan fingerprint density at radius 3 is 2.25 bits per heavy atom. The molecule has 0 amide bonds. The highest BCUT2D eigenvalue weighted by molar-refractivity contribution is 7.13. The summed E-state index contributed by atoms with van der Waals surface area (Å²) in [7, 11) is 6.17. The minimum atomic E-state index is -0.372. The van der Waals surface area contributed by atoms with Crippen molar-refractivity contribution in [3.8, 4) is 11.5 Å². The molecule has 0 unspecified atom stereocenters. The zero-order valence-electron chi connectivity index (χ0n) is 10.3. The maximum atomic E-state index is 6.17. The predicted molar refractivity (Wildman–Crippen MR) is 68.2 cm³/mol. The first-order valence-corrected chi connectivity index (χ1v) is 6.44. The van der Waals surface area contributed by atoms with Gasteiger partial charge in [0.1, 0.15) is 13.2 Å². The average Bonchev–Trinajstić information content (AvgIpc) is 2.56.